The van der Waals surface area contributed by atoms with Crippen molar-refractivity contribution < 1.29 is 8.42 Å². The summed E-state index contributed by atoms with van der Waals surface area (Å²) in [7, 11) is -3.54. The van der Waals surface area contributed by atoms with Crippen LogP contribution in [0.4, 0.5) is 0 Å². The molecule has 0 aliphatic rings. The second-order valence-corrected chi connectivity index (χ2v) is 6.17. The number of thiazole rings is 1. The van der Waals surface area contributed by atoms with Crippen LogP contribution in [0.3, 0.4) is 0 Å². The number of rotatable bonds is 4. The molecule has 1 heterocycles. The van der Waals surface area contributed by atoms with Gasteiger partial charge in [0.15, 0.2) is 0 Å². The fourth-order valence-electron chi connectivity index (χ4n) is 1.29. The minimum Gasteiger partial charge on any atom is -0.253 e. The molecule has 0 amide bonds. The van der Waals surface area contributed by atoms with Crippen molar-refractivity contribution in [1.29, 1.82) is 5.26 Å². The van der Waals surface area contributed by atoms with Gasteiger partial charge in [0.05, 0.1) is 22.0 Å². The molecular formula is C11H9N3O2S2. The van der Waals surface area contributed by atoms with Crippen LogP contribution in [0.5, 0.6) is 0 Å². The number of nitrogens with zero attached hydrogens (tertiary/aromatic N) is 2. The molecule has 0 aliphatic carbocycles. The average molecular weight is 279 g/mol. The highest BCUT2D eigenvalue weighted by Gasteiger charge is 2.13. The van der Waals surface area contributed by atoms with E-state index in [1.54, 1.807) is 11.7 Å². The molecule has 1 N–H and O–H groups in total. The standard InChI is InChI=1S/C11H9N3O2S2/c12-5-9-1-3-11(4-2-9)18(15,16)14-7-10-6-13-8-17-10/h1-4,6,8,14H,7H2. The van der Waals surface area contributed by atoms with Gasteiger partial charge in [-0.2, -0.15) is 5.26 Å². The molecule has 7 heteroatoms. The minimum absolute atomic E-state index is 0.144. The highest BCUT2D eigenvalue weighted by Crippen LogP contribution is 2.12. The fourth-order valence-corrected chi connectivity index (χ4v) is 2.92. The number of nitriles is 1. The van der Waals surface area contributed by atoms with Gasteiger partial charge in [-0.15, -0.1) is 11.3 Å². The largest absolute Gasteiger partial charge is 0.253 e. The highest BCUT2D eigenvalue weighted by molar-refractivity contribution is 7.89. The highest BCUT2D eigenvalue weighted by atomic mass is 32.2. The molecular weight excluding hydrogens is 270 g/mol. The van der Waals surface area contributed by atoms with Crippen molar-refractivity contribution in [3.63, 3.8) is 0 Å². The minimum atomic E-state index is -3.54. The van der Waals surface area contributed by atoms with Gasteiger partial charge in [0, 0.05) is 17.6 Å². The van der Waals surface area contributed by atoms with Gasteiger partial charge in [-0.05, 0) is 24.3 Å². The van der Waals surface area contributed by atoms with Gasteiger partial charge in [-0.3, -0.25) is 4.98 Å². The van der Waals surface area contributed by atoms with Crippen LogP contribution in [0, 0.1) is 11.3 Å². The first-order valence-corrected chi connectivity index (χ1v) is 7.35. The lowest BCUT2D eigenvalue weighted by atomic mass is 10.2. The Labute approximate surface area is 109 Å². The first kappa shape index (κ1) is 12.7. The van der Waals surface area contributed by atoms with Crippen LogP contribution in [0.2, 0.25) is 0 Å². The van der Waals surface area contributed by atoms with E-state index in [9.17, 15) is 8.42 Å². The zero-order valence-electron chi connectivity index (χ0n) is 9.20. The van der Waals surface area contributed by atoms with Crippen LogP contribution in [0.15, 0.2) is 40.9 Å². The van der Waals surface area contributed by atoms with E-state index < -0.39 is 10.0 Å². The topological polar surface area (TPSA) is 82.8 Å². The van der Waals surface area contributed by atoms with Crippen LogP contribution in [-0.4, -0.2) is 13.4 Å². The summed E-state index contributed by atoms with van der Waals surface area (Å²) in [6.07, 6.45) is 1.62. The molecule has 2 rings (SSSR count). The molecule has 0 aliphatic heterocycles. The Bertz CT molecular complexity index is 655. The van der Waals surface area contributed by atoms with Gasteiger partial charge < -0.3 is 0 Å². The molecule has 0 bridgehead atoms. The third-order valence-electron chi connectivity index (χ3n) is 2.21. The van der Waals surface area contributed by atoms with Crippen molar-refractivity contribution >= 4 is 21.4 Å². The lowest BCUT2D eigenvalue weighted by Crippen LogP contribution is -2.22. The van der Waals surface area contributed by atoms with Gasteiger partial charge in [0.2, 0.25) is 10.0 Å². The molecule has 18 heavy (non-hydrogen) atoms. The maximum absolute atomic E-state index is 11.9. The van der Waals surface area contributed by atoms with Gasteiger partial charge in [0.1, 0.15) is 0 Å². The molecule has 2 aromatic rings. The Morgan fingerprint density at radius 2 is 2.06 bits per heavy atom. The van der Waals surface area contributed by atoms with Crippen LogP contribution in [0.1, 0.15) is 10.4 Å². The number of benzene rings is 1. The Hall–Kier alpha value is -1.75. The maximum Gasteiger partial charge on any atom is 0.240 e. The molecule has 92 valence electrons. The Balaban J connectivity index is 2.13. The summed E-state index contributed by atoms with van der Waals surface area (Å²) in [6, 6.07) is 7.71. The molecule has 1 aromatic heterocycles. The molecule has 5 nitrogen and oxygen atoms in total. The number of sulfonamides is 1. The molecule has 0 saturated heterocycles. The predicted molar refractivity (Wildman–Crippen MR) is 67.3 cm³/mol. The smallest absolute Gasteiger partial charge is 0.240 e. The Morgan fingerprint density at radius 3 is 2.61 bits per heavy atom. The first-order chi connectivity index (χ1) is 8.62. The van der Waals surface area contributed by atoms with Crippen molar-refractivity contribution in [2.24, 2.45) is 0 Å². The maximum atomic E-state index is 11.9. The molecule has 0 spiro atoms. The predicted octanol–water partition coefficient (Wildman–Crippen LogP) is 1.49. The zero-order valence-corrected chi connectivity index (χ0v) is 10.8. The van der Waals surface area contributed by atoms with Gasteiger partial charge in [-0.25, -0.2) is 13.1 Å². The Morgan fingerprint density at radius 1 is 1.33 bits per heavy atom. The van der Waals surface area contributed by atoms with Crippen LogP contribution >= 0.6 is 11.3 Å². The average Bonchev–Trinajstić information content (AvgIpc) is 2.90. The molecule has 0 atom stereocenters. The zero-order chi connectivity index (χ0) is 13.0. The fraction of sp³-hybridized carbons (Fsp3) is 0.0909. The summed E-state index contributed by atoms with van der Waals surface area (Å²) < 4.78 is 26.3. The normalized spacial score (nSPS) is 11.1. The summed E-state index contributed by atoms with van der Waals surface area (Å²) >= 11 is 1.38. The van der Waals surface area contributed by atoms with E-state index in [-0.39, 0.29) is 11.4 Å². The van der Waals surface area contributed by atoms with Crippen LogP contribution < -0.4 is 4.72 Å². The lowest BCUT2D eigenvalue weighted by molar-refractivity contribution is 0.582. The third-order valence-corrected chi connectivity index (χ3v) is 4.41. The van der Waals surface area contributed by atoms with E-state index in [1.165, 1.54) is 35.6 Å². The molecule has 0 saturated carbocycles. The van der Waals surface area contributed by atoms with Gasteiger partial charge >= 0.3 is 0 Å². The second-order valence-electron chi connectivity index (χ2n) is 3.43. The molecule has 0 radical (unpaired) electrons. The van der Waals surface area contributed by atoms with E-state index >= 15 is 0 Å². The van der Waals surface area contributed by atoms with Crippen molar-refractivity contribution in [3.8, 4) is 6.07 Å². The third kappa shape index (κ3) is 2.92. The van der Waals surface area contributed by atoms with E-state index in [1.807, 2.05) is 6.07 Å². The van der Waals surface area contributed by atoms with E-state index in [0.29, 0.717) is 5.56 Å². The van der Waals surface area contributed by atoms with Crippen LogP contribution in [-0.2, 0) is 16.6 Å². The van der Waals surface area contributed by atoms with Crippen LogP contribution in [0.25, 0.3) is 0 Å². The number of nitrogens with one attached hydrogen (secondary N) is 1. The quantitative estimate of drug-likeness (QED) is 0.919. The van der Waals surface area contributed by atoms with Gasteiger partial charge in [0.25, 0.3) is 0 Å². The van der Waals surface area contributed by atoms with Crippen molar-refractivity contribution in [1.82, 2.24) is 9.71 Å². The van der Waals surface area contributed by atoms with E-state index in [4.69, 9.17) is 5.26 Å². The molecule has 0 unspecified atom stereocenters. The second kappa shape index (κ2) is 5.27. The molecule has 1 aromatic carbocycles. The number of hydrogen-bond acceptors (Lipinski definition) is 5. The van der Waals surface area contributed by atoms with Crippen molar-refractivity contribution in [2.75, 3.05) is 0 Å². The lowest BCUT2D eigenvalue weighted by Gasteiger charge is -2.05. The SMILES string of the molecule is N#Cc1ccc(S(=O)(=O)NCc2cncs2)cc1. The monoisotopic (exact) mass is 279 g/mol. The van der Waals surface area contributed by atoms with Crippen molar-refractivity contribution in [2.45, 2.75) is 11.4 Å². The van der Waals surface area contributed by atoms with Crippen molar-refractivity contribution in [3.05, 3.63) is 46.4 Å². The number of aromatic nitrogens is 1. The Kier molecular flexibility index (Phi) is 3.72. The summed E-state index contributed by atoms with van der Waals surface area (Å²) in [4.78, 5) is 4.85. The summed E-state index contributed by atoms with van der Waals surface area (Å²) in [5.41, 5.74) is 2.07. The summed E-state index contributed by atoms with van der Waals surface area (Å²) in [6.45, 7) is 0.215. The summed E-state index contributed by atoms with van der Waals surface area (Å²) in [5.74, 6) is 0. The van der Waals surface area contributed by atoms with Gasteiger partial charge in [-0.1, -0.05) is 0 Å². The van der Waals surface area contributed by atoms with E-state index in [2.05, 4.69) is 9.71 Å². The first-order valence-electron chi connectivity index (χ1n) is 4.99. The van der Waals surface area contributed by atoms with E-state index in [0.717, 1.165) is 4.88 Å². The number of hydrogen-bond donors (Lipinski definition) is 1. The molecule has 0 fully saturated rings. The summed E-state index contributed by atoms with van der Waals surface area (Å²) in [5, 5.41) is 8.64.